The molecular formula is C13H26N4O. The van der Waals surface area contributed by atoms with E-state index < -0.39 is 0 Å². The number of nitrogens with zero attached hydrogens (tertiary/aromatic N) is 2. The fourth-order valence-corrected chi connectivity index (χ4v) is 2.01. The van der Waals surface area contributed by atoms with Gasteiger partial charge in [0.05, 0.1) is 0 Å². The van der Waals surface area contributed by atoms with Gasteiger partial charge in [-0.1, -0.05) is 13.3 Å². The normalized spacial score (nSPS) is 16.7. The maximum absolute atomic E-state index is 11.8. The number of hydrogen-bond acceptors (Lipinski definition) is 2. The summed E-state index contributed by atoms with van der Waals surface area (Å²) in [6.45, 7) is 5.29. The smallest absolute Gasteiger partial charge is 0.224 e. The van der Waals surface area contributed by atoms with Crippen LogP contribution in [-0.2, 0) is 4.79 Å². The molecule has 1 amide bonds. The molecule has 1 heterocycles. The second kappa shape index (κ2) is 8.78. The van der Waals surface area contributed by atoms with E-state index in [9.17, 15) is 4.79 Å². The predicted molar refractivity (Wildman–Crippen MR) is 74.4 cm³/mol. The third-order valence-corrected chi connectivity index (χ3v) is 3.15. The van der Waals surface area contributed by atoms with Crippen molar-refractivity contribution in [2.75, 3.05) is 26.2 Å². The number of carbonyl (C=O) groups excluding carboxylic acids is 1. The number of hydrogen-bond donors (Lipinski definition) is 2. The van der Waals surface area contributed by atoms with Crippen LogP contribution in [0.2, 0.25) is 0 Å². The third kappa shape index (κ3) is 5.89. The first-order chi connectivity index (χ1) is 8.74. The molecule has 5 nitrogen and oxygen atoms in total. The van der Waals surface area contributed by atoms with E-state index >= 15 is 0 Å². The van der Waals surface area contributed by atoms with Gasteiger partial charge in [0.1, 0.15) is 0 Å². The van der Waals surface area contributed by atoms with E-state index in [4.69, 9.17) is 5.73 Å². The van der Waals surface area contributed by atoms with E-state index in [-0.39, 0.29) is 5.91 Å². The van der Waals surface area contributed by atoms with Crippen LogP contribution in [0.3, 0.4) is 0 Å². The summed E-state index contributed by atoms with van der Waals surface area (Å²) >= 11 is 0. The van der Waals surface area contributed by atoms with E-state index in [1.165, 1.54) is 6.42 Å². The molecule has 5 heteroatoms. The summed E-state index contributed by atoms with van der Waals surface area (Å²) in [5, 5.41) is 2.99. The second-order valence-electron chi connectivity index (χ2n) is 4.74. The molecule has 104 valence electrons. The molecule has 0 radical (unpaired) electrons. The van der Waals surface area contributed by atoms with Crippen LogP contribution < -0.4 is 11.1 Å². The number of unbranched alkanes of at least 4 members (excludes halogenated alkanes) is 1. The van der Waals surface area contributed by atoms with E-state index in [0.29, 0.717) is 18.9 Å². The molecule has 0 aliphatic carbocycles. The van der Waals surface area contributed by atoms with Crippen molar-refractivity contribution in [2.45, 2.75) is 45.4 Å². The summed E-state index contributed by atoms with van der Waals surface area (Å²) in [5.74, 6) is 0.679. The zero-order valence-corrected chi connectivity index (χ0v) is 11.5. The van der Waals surface area contributed by atoms with Gasteiger partial charge >= 0.3 is 0 Å². The lowest BCUT2D eigenvalue weighted by molar-refractivity contribution is -0.131. The van der Waals surface area contributed by atoms with Gasteiger partial charge in [-0.3, -0.25) is 9.79 Å². The lowest BCUT2D eigenvalue weighted by atomic mass is 10.1. The number of carbonyl (C=O) groups is 1. The number of amides is 1. The van der Waals surface area contributed by atoms with Crippen LogP contribution in [0.5, 0.6) is 0 Å². The van der Waals surface area contributed by atoms with Gasteiger partial charge in [-0.2, -0.15) is 0 Å². The van der Waals surface area contributed by atoms with Gasteiger partial charge in [0.25, 0.3) is 0 Å². The van der Waals surface area contributed by atoms with Crippen molar-refractivity contribution in [3.63, 3.8) is 0 Å². The average Bonchev–Trinajstić information content (AvgIpc) is 2.40. The number of rotatable bonds is 6. The van der Waals surface area contributed by atoms with Crippen LogP contribution in [0.1, 0.15) is 45.4 Å². The summed E-state index contributed by atoms with van der Waals surface area (Å²) in [5.41, 5.74) is 5.69. The topological polar surface area (TPSA) is 70.7 Å². The molecule has 0 aromatic heterocycles. The highest BCUT2D eigenvalue weighted by molar-refractivity contribution is 5.80. The Labute approximate surface area is 110 Å². The standard InChI is InChI=1S/C13H26N4O/c1-2-3-8-15-13(14)16-9-7-12(18)17-10-5-4-6-11-17/h2-11H2,1H3,(H3,14,15,16). The van der Waals surface area contributed by atoms with Crippen molar-refractivity contribution < 1.29 is 4.79 Å². The van der Waals surface area contributed by atoms with Crippen LogP contribution in [0.15, 0.2) is 4.99 Å². The van der Waals surface area contributed by atoms with Crippen molar-refractivity contribution in [3.8, 4) is 0 Å². The molecule has 0 atom stereocenters. The molecule has 0 saturated carbocycles. The van der Waals surface area contributed by atoms with Crippen molar-refractivity contribution in [2.24, 2.45) is 10.7 Å². The SMILES string of the molecule is CCCCN=C(N)NCCC(=O)N1CCCCC1. The molecule has 1 aliphatic rings. The summed E-state index contributed by atoms with van der Waals surface area (Å²) in [6, 6.07) is 0. The fourth-order valence-electron chi connectivity index (χ4n) is 2.01. The Morgan fingerprint density at radius 1 is 1.33 bits per heavy atom. The lowest BCUT2D eigenvalue weighted by Gasteiger charge is -2.26. The molecule has 1 aliphatic heterocycles. The predicted octanol–water partition coefficient (Wildman–Crippen LogP) is 1.09. The van der Waals surface area contributed by atoms with E-state index in [2.05, 4.69) is 17.2 Å². The Balaban J connectivity index is 2.12. The van der Waals surface area contributed by atoms with Gasteiger partial charge in [-0.15, -0.1) is 0 Å². The number of guanidine groups is 1. The minimum Gasteiger partial charge on any atom is -0.370 e. The molecule has 1 saturated heterocycles. The summed E-state index contributed by atoms with van der Waals surface area (Å²) < 4.78 is 0. The van der Waals surface area contributed by atoms with Gasteiger partial charge in [-0.25, -0.2) is 0 Å². The molecule has 0 bridgehead atoms. The third-order valence-electron chi connectivity index (χ3n) is 3.15. The highest BCUT2D eigenvalue weighted by atomic mass is 16.2. The van der Waals surface area contributed by atoms with Crippen LogP contribution in [0.25, 0.3) is 0 Å². The molecule has 0 spiro atoms. The monoisotopic (exact) mass is 254 g/mol. The summed E-state index contributed by atoms with van der Waals surface area (Å²) in [7, 11) is 0. The van der Waals surface area contributed by atoms with Gasteiger partial charge in [-0.05, 0) is 25.7 Å². The second-order valence-corrected chi connectivity index (χ2v) is 4.74. The quantitative estimate of drug-likeness (QED) is 0.423. The lowest BCUT2D eigenvalue weighted by Crippen LogP contribution is -2.39. The Bertz CT molecular complexity index is 272. The number of nitrogens with one attached hydrogen (secondary N) is 1. The zero-order valence-electron chi connectivity index (χ0n) is 11.5. The van der Waals surface area contributed by atoms with Crippen LogP contribution >= 0.6 is 0 Å². The Hall–Kier alpha value is -1.26. The molecule has 1 fully saturated rings. The highest BCUT2D eigenvalue weighted by Crippen LogP contribution is 2.09. The van der Waals surface area contributed by atoms with E-state index in [1.54, 1.807) is 0 Å². The van der Waals surface area contributed by atoms with Crippen LogP contribution in [0, 0.1) is 0 Å². The first kappa shape index (κ1) is 14.8. The minimum absolute atomic E-state index is 0.226. The number of aliphatic imine (C=N–C) groups is 1. The molecular weight excluding hydrogens is 228 g/mol. The van der Waals surface area contributed by atoms with Crippen molar-refractivity contribution in [3.05, 3.63) is 0 Å². The first-order valence-corrected chi connectivity index (χ1v) is 7.05. The van der Waals surface area contributed by atoms with Crippen molar-refractivity contribution in [1.82, 2.24) is 10.2 Å². The van der Waals surface area contributed by atoms with E-state index in [1.807, 2.05) is 4.90 Å². The largest absolute Gasteiger partial charge is 0.370 e. The molecule has 3 N–H and O–H groups in total. The molecule has 18 heavy (non-hydrogen) atoms. The highest BCUT2D eigenvalue weighted by Gasteiger charge is 2.15. The van der Waals surface area contributed by atoms with Gasteiger partial charge in [0.15, 0.2) is 5.96 Å². The summed E-state index contributed by atoms with van der Waals surface area (Å²) in [6.07, 6.45) is 6.20. The van der Waals surface area contributed by atoms with Crippen LogP contribution in [-0.4, -0.2) is 42.9 Å². The van der Waals surface area contributed by atoms with Crippen molar-refractivity contribution >= 4 is 11.9 Å². The number of piperidine rings is 1. The zero-order chi connectivity index (χ0) is 13.2. The minimum atomic E-state index is 0.226. The molecule has 0 aromatic carbocycles. The molecule has 1 rings (SSSR count). The average molecular weight is 254 g/mol. The molecule has 0 aromatic rings. The van der Waals surface area contributed by atoms with Crippen molar-refractivity contribution in [1.29, 1.82) is 0 Å². The van der Waals surface area contributed by atoms with Gasteiger partial charge in [0.2, 0.25) is 5.91 Å². The first-order valence-electron chi connectivity index (χ1n) is 7.05. The van der Waals surface area contributed by atoms with Gasteiger partial charge in [0, 0.05) is 32.6 Å². The Kier molecular flexibility index (Phi) is 7.22. The van der Waals surface area contributed by atoms with E-state index in [0.717, 1.165) is 45.3 Å². The maximum Gasteiger partial charge on any atom is 0.224 e. The van der Waals surface area contributed by atoms with Gasteiger partial charge < -0.3 is 16.0 Å². The fraction of sp³-hybridized carbons (Fsp3) is 0.846. The van der Waals surface area contributed by atoms with Crippen LogP contribution in [0.4, 0.5) is 0 Å². The molecule has 0 unspecified atom stereocenters. The Morgan fingerprint density at radius 3 is 2.72 bits per heavy atom. The maximum atomic E-state index is 11.8. The Morgan fingerprint density at radius 2 is 2.06 bits per heavy atom. The number of likely N-dealkylation sites (tertiary alicyclic amines) is 1. The number of nitrogens with two attached hydrogens (primary N) is 1. The summed E-state index contributed by atoms with van der Waals surface area (Å²) in [4.78, 5) is 18.0.